The van der Waals surface area contributed by atoms with Crippen molar-refractivity contribution in [2.75, 3.05) is 6.54 Å². The molecule has 3 aromatic rings. The standard InChI is InChI=1S/C23H22ClNO4S/c1-3-4-5-9-25-19(22-13(2)8-10-30-22)18(21(27)23(25)28)20(26)17-12-14-11-15(24)6-7-16(14)29-17/h6-8,10-12,19,27H,3-5,9H2,1-2H3. The lowest BCUT2D eigenvalue weighted by molar-refractivity contribution is -0.129. The Balaban J connectivity index is 1.77. The molecule has 1 aliphatic rings. The number of aliphatic hydroxyl groups is 1. The molecule has 30 heavy (non-hydrogen) atoms. The molecular formula is C23H22ClNO4S. The SMILES string of the molecule is CCCCCN1C(=O)C(O)=C(C(=O)c2cc3cc(Cl)ccc3o2)C1c1sccc1C. The third-order valence-corrected chi connectivity index (χ3v) is 6.71. The number of carbonyl (C=O) groups is 2. The molecule has 0 fully saturated rings. The molecule has 1 N–H and O–H groups in total. The molecule has 3 heterocycles. The molecule has 0 aliphatic carbocycles. The Labute approximate surface area is 183 Å². The molecule has 1 amide bonds. The molecule has 0 saturated heterocycles. The number of benzene rings is 1. The summed E-state index contributed by atoms with van der Waals surface area (Å²) in [5, 5.41) is 13.9. The molecule has 1 unspecified atom stereocenters. The van der Waals surface area contributed by atoms with Gasteiger partial charge in [-0.2, -0.15) is 0 Å². The monoisotopic (exact) mass is 443 g/mol. The molecular weight excluding hydrogens is 422 g/mol. The number of halogens is 1. The topological polar surface area (TPSA) is 70.8 Å². The first-order valence-electron chi connectivity index (χ1n) is 9.94. The molecule has 0 spiro atoms. The van der Waals surface area contributed by atoms with E-state index in [0.29, 0.717) is 22.5 Å². The van der Waals surface area contributed by atoms with Crippen LogP contribution in [0.2, 0.25) is 5.02 Å². The van der Waals surface area contributed by atoms with Crippen LogP contribution in [0.3, 0.4) is 0 Å². The normalized spacial score (nSPS) is 16.8. The Hall–Kier alpha value is -2.57. The van der Waals surface area contributed by atoms with E-state index in [1.54, 1.807) is 29.2 Å². The Morgan fingerprint density at radius 1 is 1.27 bits per heavy atom. The van der Waals surface area contributed by atoms with Crippen molar-refractivity contribution in [3.8, 4) is 0 Å². The molecule has 1 aromatic carbocycles. The Morgan fingerprint density at radius 3 is 2.77 bits per heavy atom. The first-order chi connectivity index (χ1) is 14.4. The third-order valence-electron chi connectivity index (χ3n) is 5.40. The van der Waals surface area contributed by atoms with Gasteiger partial charge in [0.05, 0.1) is 11.6 Å². The third kappa shape index (κ3) is 3.55. The van der Waals surface area contributed by atoms with Crippen molar-refractivity contribution in [2.24, 2.45) is 0 Å². The van der Waals surface area contributed by atoms with Crippen molar-refractivity contribution in [1.82, 2.24) is 4.90 Å². The number of rotatable bonds is 7. The van der Waals surface area contributed by atoms with Crippen molar-refractivity contribution in [2.45, 2.75) is 39.2 Å². The molecule has 0 radical (unpaired) electrons. The summed E-state index contributed by atoms with van der Waals surface area (Å²) >= 11 is 7.52. The number of ketones is 1. The average molecular weight is 444 g/mol. The van der Waals surface area contributed by atoms with Gasteiger partial charge in [-0.25, -0.2) is 0 Å². The molecule has 156 valence electrons. The number of Topliss-reactive ketones (excluding diaryl/α,β-unsaturated/α-hetero) is 1. The first-order valence-corrected chi connectivity index (χ1v) is 11.2. The molecule has 7 heteroatoms. The van der Waals surface area contributed by atoms with Crippen LogP contribution in [0, 0.1) is 6.92 Å². The van der Waals surface area contributed by atoms with Gasteiger partial charge in [-0.05, 0) is 54.6 Å². The summed E-state index contributed by atoms with van der Waals surface area (Å²) in [6, 6.07) is 8.04. The zero-order valence-corrected chi connectivity index (χ0v) is 18.3. The maximum Gasteiger partial charge on any atom is 0.290 e. The van der Waals surface area contributed by atoms with Gasteiger partial charge in [0, 0.05) is 21.8 Å². The van der Waals surface area contributed by atoms with E-state index in [2.05, 4.69) is 6.92 Å². The number of aliphatic hydroxyl groups excluding tert-OH is 1. The minimum Gasteiger partial charge on any atom is -0.503 e. The molecule has 2 aromatic heterocycles. The second-order valence-electron chi connectivity index (χ2n) is 7.46. The van der Waals surface area contributed by atoms with Crippen molar-refractivity contribution < 1.29 is 19.1 Å². The number of furan rings is 1. The van der Waals surface area contributed by atoms with Gasteiger partial charge in [-0.15, -0.1) is 11.3 Å². The summed E-state index contributed by atoms with van der Waals surface area (Å²) in [4.78, 5) is 28.8. The van der Waals surface area contributed by atoms with Crippen LogP contribution in [0.5, 0.6) is 0 Å². The summed E-state index contributed by atoms with van der Waals surface area (Å²) in [6.07, 6.45) is 2.78. The van der Waals surface area contributed by atoms with Gasteiger partial charge in [0.1, 0.15) is 5.58 Å². The van der Waals surface area contributed by atoms with E-state index in [1.807, 2.05) is 18.4 Å². The highest BCUT2D eigenvalue weighted by atomic mass is 35.5. The minimum atomic E-state index is -0.612. The quantitative estimate of drug-likeness (QED) is 0.347. The second-order valence-corrected chi connectivity index (χ2v) is 8.84. The van der Waals surface area contributed by atoms with Crippen LogP contribution in [0.4, 0.5) is 0 Å². The summed E-state index contributed by atoms with van der Waals surface area (Å²) in [7, 11) is 0. The van der Waals surface area contributed by atoms with E-state index < -0.39 is 23.5 Å². The lowest BCUT2D eigenvalue weighted by atomic mass is 9.98. The van der Waals surface area contributed by atoms with Crippen molar-refractivity contribution in [1.29, 1.82) is 0 Å². The summed E-state index contributed by atoms with van der Waals surface area (Å²) in [6.45, 7) is 4.51. The molecule has 5 nitrogen and oxygen atoms in total. The number of thiophene rings is 1. The smallest absolute Gasteiger partial charge is 0.290 e. The second kappa shape index (κ2) is 8.28. The molecule has 1 atom stereocenters. The number of hydrogen-bond acceptors (Lipinski definition) is 5. The highest BCUT2D eigenvalue weighted by Gasteiger charge is 2.45. The summed E-state index contributed by atoms with van der Waals surface area (Å²) in [5.74, 6) is -1.40. The predicted molar refractivity (Wildman–Crippen MR) is 118 cm³/mol. The fraction of sp³-hybridized carbons (Fsp3) is 0.304. The number of amides is 1. The van der Waals surface area contributed by atoms with Crippen LogP contribution in [-0.2, 0) is 4.79 Å². The molecule has 0 saturated carbocycles. The van der Waals surface area contributed by atoms with E-state index in [0.717, 1.165) is 29.7 Å². The van der Waals surface area contributed by atoms with Gasteiger partial charge in [0.2, 0.25) is 5.78 Å². The number of nitrogens with zero attached hydrogens (tertiary/aromatic N) is 1. The summed E-state index contributed by atoms with van der Waals surface area (Å²) < 4.78 is 5.73. The van der Waals surface area contributed by atoms with Gasteiger partial charge >= 0.3 is 0 Å². The van der Waals surface area contributed by atoms with Crippen LogP contribution in [0.25, 0.3) is 11.0 Å². The van der Waals surface area contributed by atoms with E-state index >= 15 is 0 Å². The van der Waals surface area contributed by atoms with Gasteiger partial charge in [-0.1, -0.05) is 31.4 Å². The van der Waals surface area contributed by atoms with Gasteiger partial charge in [0.25, 0.3) is 5.91 Å². The fourth-order valence-electron chi connectivity index (χ4n) is 3.84. The Bertz CT molecular complexity index is 1160. The molecule has 0 bridgehead atoms. The van der Waals surface area contributed by atoms with E-state index in [9.17, 15) is 14.7 Å². The zero-order valence-electron chi connectivity index (χ0n) is 16.8. The first kappa shape index (κ1) is 20.7. The van der Waals surface area contributed by atoms with Crippen molar-refractivity contribution in [3.63, 3.8) is 0 Å². The van der Waals surface area contributed by atoms with Gasteiger partial charge < -0.3 is 14.4 Å². The van der Waals surface area contributed by atoms with Crippen molar-refractivity contribution in [3.05, 3.63) is 68.3 Å². The Morgan fingerprint density at radius 2 is 2.07 bits per heavy atom. The number of hydrogen-bond donors (Lipinski definition) is 1. The van der Waals surface area contributed by atoms with Crippen LogP contribution in [0.15, 0.2) is 51.5 Å². The average Bonchev–Trinajstić information content (AvgIpc) is 3.39. The zero-order chi connectivity index (χ0) is 21.4. The van der Waals surface area contributed by atoms with Crippen LogP contribution < -0.4 is 0 Å². The lowest BCUT2D eigenvalue weighted by Crippen LogP contribution is -2.32. The van der Waals surface area contributed by atoms with Gasteiger partial charge in [0.15, 0.2) is 11.5 Å². The van der Waals surface area contributed by atoms with Crippen LogP contribution in [-0.4, -0.2) is 28.2 Å². The van der Waals surface area contributed by atoms with E-state index in [4.69, 9.17) is 16.0 Å². The Kier molecular flexibility index (Phi) is 5.71. The lowest BCUT2D eigenvalue weighted by Gasteiger charge is -2.26. The minimum absolute atomic E-state index is 0.0761. The number of aryl methyl sites for hydroxylation is 1. The van der Waals surface area contributed by atoms with E-state index in [-0.39, 0.29) is 11.3 Å². The maximum atomic E-state index is 13.4. The number of carbonyl (C=O) groups excluding carboxylic acids is 2. The fourth-order valence-corrected chi connectivity index (χ4v) is 5.07. The predicted octanol–water partition coefficient (Wildman–Crippen LogP) is 6.22. The van der Waals surface area contributed by atoms with Gasteiger partial charge in [-0.3, -0.25) is 9.59 Å². The van der Waals surface area contributed by atoms with Crippen LogP contribution >= 0.6 is 22.9 Å². The maximum absolute atomic E-state index is 13.4. The van der Waals surface area contributed by atoms with E-state index in [1.165, 1.54) is 11.3 Å². The highest BCUT2D eigenvalue weighted by Crippen LogP contribution is 2.42. The number of fused-ring (bicyclic) bond motifs is 1. The summed E-state index contributed by atoms with van der Waals surface area (Å²) in [5.41, 5.74) is 1.58. The molecule has 1 aliphatic heterocycles. The largest absolute Gasteiger partial charge is 0.503 e. The van der Waals surface area contributed by atoms with Crippen molar-refractivity contribution >= 4 is 45.6 Å². The molecule has 4 rings (SSSR count). The van der Waals surface area contributed by atoms with Crippen LogP contribution in [0.1, 0.15) is 53.2 Å². The number of unbranched alkanes of at least 4 members (excludes halogenated alkanes) is 2. The highest BCUT2D eigenvalue weighted by molar-refractivity contribution is 7.10.